The molecule has 2 aromatic carbocycles. The highest BCUT2D eigenvalue weighted by Gasteiger charge is 2.09. The normalized spacial score (nSPS) is 10.4. The van der Waals surface area contributed by atoms with Crippen LogP contribution in [0.5, 0.6) is 11.5 Å². The summed E-state index contributed by atoms with van der Waals surface area (Å²) in [5, 5.41) is 6.07. The Kier molecular flexibility index (Phi) is 6.11. The lowest BCUT2D eigenvalue weighted by molar-refractivity contribution is 0.102. The van der Waals surface area contributed by atoms with E-state index in [0.29, 0.717) is 22.8 Å². The molecule has 1 aromatic heterocycles. The van der Waals surface area contributed by atoms with Crippen LogP contribution in [0.4, 0.5) is 17.2 Å². The first-order valence-corrected chi connectivity index (χ1v) is 8.99. The number of amides is 1. The molecule has 2 N–H and O–H groups in total. The van der Waals surface area contributed by atoms with E-state index in [9.17, 15) is 4.79 Å². The zero-order valence-corrected chi connectivity index (χ0v) is 16.1. The monoisotopic (exact) mass is 377 g/mol. The second kappa shape index (κ2) is 8.90. The highest BCUT2D eigenvalue weighted by Crippen LogP contribution is 2.27. The Labute approximate surface area is 164 Å². The van der Waals surface area contributed by atoms with Gasteiger partial charge >= 0.3 is 0 Å². The molecule has 3 rings (SSSR count). The van der Waals surface area contributed by atoms with Gasteiger partial charge in [0.1, 0.15) is 17.3 Å². The third-order valence-corrected chi connectivity index (χ3v) is 3.87. The van der Waals surface area contributed by atoms with Gasteiger partial charge in [-0.3, -0.25) is 4.79 Å². The van der Waals surface area contributed by atoms with Gasteiger partial charge in [-0.25, -0.2) is 4.98 Å². The lowest BCUT2D eigenvalue weighted by Gasteiger charge is -2.15. The van der Waals surface area contributed by atoms with E-state index < -0.39 is 0 Å². The molecule has 0 aliphatic carbocycles. The third-order valence-electron chi connectivity index (χ3n) is 3.87. The Morgan fingerprint density at radius 2 is 1.86 bits per heavy atom. The number of aromatic nitrogens is 1. The number of carbonyl (C=O) groups is 1. The molecule has 0 atom stereocenters. The second-order valence-electron chi connectivity index (χ2n) is 6.41. The Morgan fingerprint density at radius 1 is 1.04 bits per heavy atom. The predicted octanol–water partition coefficient (Wildman–Crippen LogP) is 4.87. The molecule has 3 aromatic rings. The molecule has 0 aliphatic rings. The molecule has 0 unspecified atom stereocenters. The van der Waals surface area contributed by atoms with E-state index in [1.807, 2.05) is 38.1 Å². The fourth-order valence-electron chi connectivity index (χ4n) is 2.57. The lowest BCUT2D eigenvalue weighted by Crippen LogP contribution is -2.12. The van der Waals surface area contributed by atoms with Crippen LogP contribution >= 0.6 is 0 Å². The van der Waals surface area contributed by atoms with Gasteiger partial charge in [-0.2, -0.15) is 0 Å². The van der Waals surface area contributed by atoms with Gasteiger partial charge in [0.2, 0.25) is 0 Å². The van der Waals surface area contributed by atoms with Crippen molar-refractivity contribution in [2.45, 2.75) is 20.0 Å². The largest absolute Gasteiger partial charge is 0.497 e. The average molecular weight is 377 g/mol. The van der Waals surface area contributed by atoms with Crippen molar-refractivity contribution in [3.63, 3.8) is 0 Å². The van der Waals surface area contributed by atoms with Crippen LogP contribution in [0.25, 0.3) is 0 Å². The molecule has 0 bridgehead atoms. The van der Waals surface area contributed by atoms with E-state index >= 15 is 0 Å². The number of nitrogens with zero attached hydrogens (tertiary/aromatic N) is 1. The van der Waals surface area contributed by atoms with Crippen molar-refractivity contribution in [1.82, 2.24) is 4.98 Å². The smallest absolute Gasteiger partial charge is 0.255 e. The van der Waals surface area contributed by atoms with Crippen LogP contribution in [-0.4, -0.2) is 24.1 Å². The number of ether oxygens (including phenoxy) is 2. The number of anilines is 3. The minimum absolute atomic E-state index is 0.0742. The standard InChI is InChI=1S/C22H23N3O3/c1-15(2)28-20-10-5-4-9-19(20)25-21-12-11-17(14-23-21)24-22(26)16-7-6-8-18(13-16)27-3/h4-15H,1-3H3,(H,23,25)(H,24,26). The first-order chi connectivity index (χ1) is 13.5. The Hall–Kier alpha value is -3.54. The van der Waals surface area contributed by atoms with Gasteiger partial charge in [-0.15, -0.1) is 0 Å². The number of para-hydroxylation sites is 2. The van der Waals surface area contributed by atoms with Crippen molar-refractivity contribution >= 4 is 23.1 Å². The number of benzene rings is 2. The van der Waals surface area contributed by atoms with Crippen molar-refractivity contribution in [2.24, 2.45) is 0 Å². The third kappa shape index (κ3) is 5.01. The molecule has 0 spiro atoms. The van der Waals surface area contributed by atoms with Crippen molar-refractivity contribution in [2.75, 3.05) is 17.7 Å². The summed E-state index contributed by atoms with van der Waals surface area (Å²) >= 11 is 0. The SMILES string of the molecule is COc1cccc(C(=O)Nc2ccc(Nc3ccccc3OC(C)C)nc2)c1. The minimum Gasteiger partial charge on any atom is -0.497 e. The van der Waals surface area contributed by atoms with Crippen LogP contribution in [0.3, 0.4) is 0 Å². The van der Waals surface area contributed by atoms with Crippen LogP contribution in [-0.2, 0) is 0 Å². The molecular weight excluding hydrogens is 354 g/mol. The Balaban J connectivity index is 1.68. The van der Waals surface area contributed by atoms with Crippen molar-refractivity contribution in [3.8, 4) is 11.5 Å². The first kappa shape index (κ1) is 19.2. The van der Waals surface area contributed by atoms with E-state index in [-0.39, 0.29) is 12.0 Å². The van der Waals surface area contributed by atoms with Gasteiger partial charge < -0.3 is 20.1 Å². The number of rotatable bonds is 7. The fourth-order valence-corrected chi connectivity index (χ4v) is 2.57. The molecule has 144 valence electrons. The number of hydrogen-bond donors (Lipinski definition) is 2. The Morgan fingerprint density at radius 3 is 2.57 bits per heavy atom. The van der Waals surface area contributed by atoms with Gasteiger partial charge in [-0.05, 0) is 56.3 Å². The van der Waals surface area contributed by atoms with Crippen LogP contribution in [0.1, 0.15) is 24.2 Å². The van der Waals surface area contributed by atoms with E-state index in [4.69, 9.17) is 9.47 Å². The molecule has 6 nitrogen and oxygen atoms in total. The molecule has 0 saturated heterocycles. The van der Waals surface area contributed by atoms with Gasteiger partial charge in [0.25, 0.3) is 5.91 Å². The van der Waals surface area contributed by atoms with Crippen molar-refractivity contribution in [1.29, 1.82) is 0 Å². The summed E-state index contributed by atoms with van der Waals surface area (Å²) in [5.74, 6) is 1.82. The minimum atomic E-state index is -0.225. The maximum atomic E-state index is 12.4. The number of carbonyl (C=O) groups excluding carboxylic acids is 1. The van der Waals surface area contributed by atoms with E-state index in [1.54, 1.807) is 49.7 Å². The summed E-state index contributed by atoms with van der Waals surface area (Å²) in [6, 6.07) is 18.3. The van der Waals surface area contributed by atoms with Crippen LogP contribution in [0, 0.1) is 0 Å². The lowest BCUT2D eigenvalue weighted by atomic mass is 10.2. The Bertz CT molecular complexity index is 940. The molecule has 0 radical (unpaired) electrons. The van der Waals surface area contributed by atoms with Crippen LogP contribution in [0.2, 0.25) is 0 Å². The highest BCUT2D eigenvalue weighted by atomic mass is 16.5. The number of methoxy groups -OCH3 is 1. The molecule has 6 heteroatoms. The molecule has 1 amide bonds. The molecule has 0 fully saturated rings. The number of pyridine rings is 1. The summed E-state index contributed by atoms with van der Waals surface area (Å²) in [6.45, 7) is 3.96. The zero-order valence-electron chi connectivity index (χ0n) is 16.1. The summed E-state index contributed by atoms with van der Waals surface area (Å²) in [5.41, 5.74) is 1.95. The van der Waals surface area contributed by atoms with Crippen molar-refractivity contribution < 1.29 is 14.3 Å². The quantitative estimate of drug-likeness (QED) is 0.614. The topological polar surface area (TPSA) is 72.5 Å². The number of nitrogens with one attached hydrogen (secondary N) is 2. The summed E-state index contributed by atoms with van der Waals surface area (Å²) in [7, 11) is 1.57. The molecular formula is C22H23N3O3. The molecule has 0 aliphatic heterocycles. The average Bonchev–Trinajstić information content (AvgIpc) is 2.70. The zero-order chi connectivity index (χ0) is 19.9. The maximum Gasteiger partial charge on any atom is 0.255 e. The molecule has 28 heavy (non-hydrogen) atoms. The van der Waals surface area contributed by atoms with Crippen LogP contribution < -0.4 is 20.1 Å². The fraction of sp³-hybridized carbons (Fsp3) is 0.182. The van der Waals surface area contributed by atoms with Gasteiger partial charge in [0, 0.05) is 5.56 Å². The van der Waals surface area contributed by atoms with Crippen LogP contribution in [0.15, 0.2) is 66.9 Å². The van der Waals surface area contributed by atoms with Gasteiger partial charge in [0.05, 0.1) is 30.8 Å². The molecule has 0 saturated carbocycles. The summed E-state index contributed by atoms with van der Waals surface area (Å²) < 4.78 is 11.0. The highest BCUT2D eigenvalue weighted by molar-refractivity contribution is 6.04. The maximum absolute atomic E-state index is 12.4. The first-order valence-electron chi connectivity index (χ1n) is 8.99. The molecule has 1 heterocycles. The van der Waals surface area contributed by atoms with Gasteiger partial charge in [0.15, 0.2) is 0 Å². The predicted molar refractivity (Wildman–Crippen MR) is 111 cm³/mol. The van der Waals surface area contributed by atoms with Crippen molar-refractivity contribution in [3.05, 3.63) is 72.4 Å². The summed E-state index contributed by atoms with van der Waals surface area (Å²) in [6.07, 6.45) is 1.68. The van der Waals surface area contributed by atoms with E-state index in [0.717, 1.165) is 11.4 Å². The summed E-state index contributed by atoms with van der Waals surface area (Å²) in [4.78, 5) is 16.7. The van der Waals surface area contributed by atoms with E-state index in [2.05, 4.69) is 15.6 Å². The number of hydrogen-bond acceptors (Lipinski definition) is 5. The van der Waals surface area contributed by atoms with Gasteiger partial charge in [-0.1, -0.05) is 18.2 Å². The van der Waals surface area contributed by atoms with E-state index in [1.165, 1.54) is 0 Å². The second-order valence-corrected chi connectivity index (χ2v) is 6.41.